The molecule has 0 unspecified atom stereocenters. The number of rotatable bonds is 3. The fourth-order valence-electron chi connectivity index (χ4n) is 2.04. The van der Waals surface area contributed by atoms with E-state index in [9.17, 15) is 19.3 Å². The molecule has 0 aromatic heterocycles. The molecular weight excluding hydrogens is 339 g/mol. The van der Waals surface area contributed by atoms with Gasteiger partial charge in [-0.05, 0) is 35.9 Å². The Morgan fingerprint density at radius 2 is 1.92 bits per heavy atom. The highest BCUT2D eigenvalue weighted by atomic mass is 35.5. The number of carbonyl (C=O) groups is 1. The van der Waals surface area contributed by atoms with E-state index in [1.807, 2.05) is 0 Å². The average Bonchev–Trinajstić information content (AvgIpc) is 2.90. The lowest BCUT2D eigenvalue weighted by Crippen LogP contribution is -2.06. The average molecular weight is 347 g/mol. The van der Waals surface area contributed by atoms with E-state index in [2.05, 4.69) is 4.99 Å². The van der Waals surface area contributed by atoms with Crippen molar-refractivity contribution in [3.05, 3.63) is 80.2 Å². The van der Waals surface area contributed by atoms with Gasteiger partial charge in [-0.3, -0.25) is 10.1 Å². The zero-order valence-electron chi connectivity index (χ0n) is 11.9. The predicted molar refractivity (Wildman–Crippen MR) is 85.1 cm³/mol. The number of aliphatic imine (C=N–C) groups is 1. The molecule has 0 fully saturated rings. The van der Waals surface area contributed by atoms with Gasteiger partial charge < -0.3 is 4.74 Å². The molecule has 0 aliphatic carbocycles. The lowest BCUT2D eigenvalue weighted by atomic mass is 10.2. The Morgan fingerprint density at radius 1 is 1.21 bits per heavy atom. The summed E-state index contributed by atoms with van der Waals surface area (Å²) in [7, 11) is 0. The smallest absolute Gasteiger partial charge is 0.363 e. The van der Waals surface area contributed by atoms with Crippen molar-refractivity contribution in [3.63, 3.8) is 0 Å². The highest BCUT2D eigenvalue weighted by molar-refractivity contribution is 6.32. The predicted octanol–water partition coefficient (Wildman–Crippen LogP) is 3.73. The summed E-state index contributed by atoms with van der Waals surface area (Å²) in [6.45, 7) is 0. The second kappa shape index (κ2) is 6.21. The number of hydrogen-bond donors (Lipinski definition) is 0. The fourth-order valence-corrected chi connectivity index (χ4v) is 2.22. The van der Waals surface area contributed by atoms with Crippen molar-refractivity contribution in [2.24, 2.45) is 4.99 Å². The number of benzene rings is 2. The topological polar surface area (TPSA) is 81.8 Å². The Morgan fingerprint density at radius 3 is 2.58 bits per heavy atom. The van der Waals surface area contributed by atoms with E-state index in [1.54, 1.807) is 0 Å². The molecule has 3 rings (SSSR count). The van der Waals surface area contributed by atoms with Gasteiger partial charge >= 0.3 is 5.97 Å². The summed E-state index contributed by atoms with van der Waals surface area (Å²) in [6.07, 6.45) is 1.43. The van der Waals surface area contributed by atoms with Gasteiger partial charge in [0.25, 0.3) is 5.69 Å². The molecule has 0 spiro atoms. The SMILES string of the molecule is O=C1OC(c2ccc(Cl)c([N+](=O)[O-])c2)=N/C1=C\c1ccc(F)cc1. The van der Waals surface area contributed by atoms with Crippen LogP contribution in [-0.2, 0) is 9.53 Å². The van der Waals surface area contributed by atoms with Crippen LogP contribution in [0.2, 0.25) is 5.02 Å². The summed E-state index contributed by atoms with van der Waals surface area (Å²) in [4.78, 5) is 26.2. The quantitative estimate of drug-likeness (QED) is 0.367. The van der Waals surface area contributed by atoms with Crippen molar-refractivity contribution < 1.29 is 18.8 Å². The maximum absolute atomic E-state index is 12.9. The van der Waals surface area contributed by atoms with Gasteiger partial charge in [0.15, 0.2) is 5.70 Å². The molecular formula is C16H8ClFN2O4. The lowest BCUT2D eigenvalue weighted by molar-refractivity contribution is -0.384. The van der Waals surface area contributed by atoms with E-state index in [1.165, 1.54) is 48.5 Å². The Balaban J connectivity index is 1.96. The summed E-state index contributed by atoms with van der Waals surface area (Å²) < 4.78 is 17.9. The lowest BCUT2D eigenvalue weighted by Gasteiger charge is -2.00. The molecule has 0 bridgehead atoms. The number of nitro groups is 1. The van der Waals surface area contributed by atoms with Gasteiger partial charge in [-0.1, -0.05) is 23.7 Å². The first kappa shape index (κ1) is 15.8. The molecule has 1 aliphatic heterocycles. The van der Waals surface area contributed by atoms with Crippen molar-refractivity contribution in [1.29, 1.82) is 0 Å². The van der Waals surface area contributed by atoms with Gasteiger partial charge in [0.1, 0.15) is 10.8 Å². The highest BCUT2D eigenvalue weighted by Crippen LogP contribution is 2.27. The van der Waals surface area contributed by atoms with Crippen molar-refractivity contribution in [3.8, 4) is 0 Å². The molecule has 0 N–H and O–H groups in total. The molecule has 0 amide bonds. The Bertz CT molecular complexity index is 907. The van der Waals surface area contributed by atoms with Crippen LogP contribution in [0.3, 0.4) is 0 Å². The van der Waals surface area contributed by atoms with E-state index < -0.39 is 16.7 Å². The maximum Gasteiger partial charge on any atom is 0.363 e. The second-order valence-electron chi connectivity index (χ2n) is 4.81. The monoisotopic (exact) mass is 346 g/mol. The van der Waals surface area contributed by atoms with Gasteiger partial charge in [-0.15, -0.1) is 0 Å². The molecule has 2 aromatic carbocycles. The summed E-state index contributed by atoms with van der Waals surface area (Å²) in [5, 5.41) is 10.9. The van der Waals surface area contributed by atoms with Gasteiger partial charge in [0.2, 0.25) is 5.90 Å². The van der Waals surface area contributed by atoms with E-state index in [4.69, 9.17) is 16.3 Å². The van der Waals surface area contributed by atoms with E-state index in [-0.39, 0.29) is 27.9 Å². The summed E-state index contributed by atoms with van der Waals surface area (Å²) in [5.41, 5.74) is 0.510. The number of hydrogen-bond acceptors (Lipinski definition) is 5. The van der Waals surface area contributed by atoms with Crippen LogP contribution in [0.25, 0.3) is 6.08 Å². The third kappa shape index (κ3) is 3.16. The van der Waals surface area contributed by atoms with Crippen molar-refractivity contribution in [2.45, 2.75) is 0 Å². The van der Waals surface area contributed by atoms with Crippen LogP contribution in [0.5, 0.6) is 0 Å². The molecule has 0 radical (unpaired) electrons. The molecule has 1 heterocycles. The number of carbonyl (C=O) groups excluding carboxylic acids is 1. The molecule has 0 saturated heterocycles. The zero-order valence-corrected chi connectivity index (χ0v) is 12.7. The largest absolute Gasteiger partial charge is 0.402 e. The van der Waals surface area contributed by atoms with Crippen molar-refractivity contribution in [1.82, 2.24) is 0 Å². The fraction of sp³-hybridized carbons (Fsp3) is 0. The molecule has 2 aromatic rings. The first-order valence-electron chi connectivity index (χ1n) is 6.66. The third-order valence-corrected chi connectivity index (χ3v) is 3.50. The molecule has 24 heavy (non-hydrogen) atoms. The van der Waals surface area contributed by atoms with Crippen molar-refractivity contribution >= 4 is 35.2 Å². The Kier molecular flexibility index (Phi) is 4.09. The van der Waals surface area contributed by atoms with Crippen LogP contribution >= 0.6 is 11.6 Å². The van der Waals surface area contributed by atoms with E-state index in [0.717, 1.165) is 0 Å². The van der Waals surface area contributed by atoms with Gasteiger partial charge in [0.05, 0.1) is 4.92 Å². The van der Waals surface area contributed by atoms with Crippen LogP contribution in [-0.4, -0.2) is 16.8 Å². The summed E-state index contributed by atoms with van der Waals surface area (Å²) >= 11 is 5.74. The molecule has 120 valence electrons. The minimum atomic E-state index is -0.702. The number of nitrogens with zero attached hydrogens (tertiary/aromatic N) is 2. The third-order valence-electron chi connectivity index (χ3n) is 3.18. The number of cyclic esters (lactones) is 1. The Hall–Kier alpha value is -3.06. The second-order valence-corrected chi connectivity index (χ2v) is 5.22. The Labute approximate surface area is 140 Å². The van der Waals surface area contributed by atoms with Gasteiger partial charge in [-0.2, -0.15) is 0 Å². The highest BCUT2D eigenvalue weighted by Gasteiger charge is 2.26. The van der Waals surface area contributed by atoms with Crippen molar-refractivity contribution in [2.75, 3.05) is 0 Å². The van der Waals surface area contributed by atoms with E-state index in [0.29, 0.717) is 5.56 Å². The minimum Gasteiger partial charge on any atom is -0.402 e. The van der Waals surface area contributed by atoms with Crippen LogP contribution in [0.4, 0.5) is 10.1 Å². The number of nitro benzene ring substituents is 1. The zero-order chi connectivity index (χ0) is 17.3. The molecule has 0 saturated carbocycles. The molecule has 1 aliphatic rings. The number of halogens is 2. The number of esters is 1. The summed E-state index contributed by atoms with van der Waals surface area (Å²) in [6, 6.07) is 9.43. The molecule has 8 heteroatoms. The van der Waals surface area contributed by atoms with Crippen LogP contribution in [0, 0.1) is 15.9 Å². The molecule has 6 nitrogen and oxygen atoms in total. The standard InChI is InChI=1S/C16H8ClFN2O4/c17-12-6-3-10(8-14(12)20(22)23)15-19-13(16(21)24-15)7-9-1-4-11(18)5-2-9/h1-8H/b13-7-. The van der Waals surface area contributed by atoms with Crippen LogP contribution in [0.15, 0.2) is 53.2 Å². The van der Waals surface area contributed by atoms with Crippen LogP contribution in [0.1, 0.15) is 11.1 Å². The van der Waals surface area contributed by atoms with Gasteiger partial charge in [-0.25, -0.2) is 14.2 Å². The van der Waals surface area contributed by atoms with E-state index >= 15 is 0 Å². The maximum atomic E-state index is 12.9. The first-order chi connectivity index (χ1) is 11.4. The molecule has 0 atom stereocenters. The minimum absolute atomic E-state index is 0.00853. The summed E-state index contributed by atoms with van der Waals surface area (Å²) in [5.74, 6) is -1.16. The first-order valence-corrected chi connectivity index (χ1v) is 7.04. The van der Waals surface area contributed by atoms with Gasteiger partial charge in [0, 0.05) is 11.6 Å². The van der Waals surface area contributed by atoms with Crippen LogP contribution < -0.4 is 0 Å². The number of ether oxygens (including phenoxy) is 1. The normalized spacial score (nSPS) is 15.3.